The van der Waals surface area contributed by atoms with E-state index in [-0.39, 0.29) is 5.54 Å². The Labute approximate surface area is 121 Å². The number of aryl methyl sites for hydroxylation is 2. The molecule has 0 amide bonds. The van der Waals surface area contributed by atoms with Crippen LogP contribution >= 0.6 is 11.3 Å². The van der Waals surface area contributed by atoms with E-state index in [9.17, 15) is 0 Å². The van der Waals surface area contributed by atoms with Crippen LogP contribution in [0.15, 0.2) is 0 Å². The first kappa shape index (κ1) is 14.8. The molecule has 2 heterocycles. The molecule has 0 aromatic carbocycles. The summed E-state index contributed by atoms with van der Waals surface area (Å²) in [6.07, 6.45) is 2.62. The van der Waals surface area contributed by atoms with Gasteiger partial charge in [0, 0.05) is 30.1 Å². The van der Waals surface area contributed by atoms with Crippen molar-refractivity contribution in [3.63, 3.8) is 0 Å². The lowest BCUT2D eigenvalue weighted by molar-refractivity contribution is 0.335. The molecule has 3 nitrogen and oxygen atoms in total. The fourth-order valence-electron chi connectivity index (χ4n) is 2.45. The Bertz CT molecular complexity index is 400. The zero-order chi connectivity index (χ0) is 14.0. The van der Waals surface area contributed by atoms with Gasteiger partial charge in [-0.05, 0) is 53.4 Å². The number of piperidine rings is 1. The van der Waals surface area contributed by atoms with Crippen molar-refractivity contribution in [1.82, 2.24) is 10.3 Å². The van der Waals surface area contributed by atoms with E-state index in [4.69, 9.17) is 4.98 Å². The molecule has 0 bridgehead atoms. The van der Waals surface area contributed by atoms with Crippen LogP contribution in [-0.4, -0.2) is 30.2 Å². The molecule has 1 aromatic heterocycles. The molecule has 1 fully saturated rings. The highest BCUT2D eigenvalue weighted by molar-refractivity contribution is 7.15. The molecule has 4 heteroatoms. The molecule has 1 saturated heterocycles. The fraction of sp³-hybridized carbons (Fsp3) is 0.800. The molecule has 19 heavy (non-hydrogen) atoms. The van der Waals surface area contributed by atoms with Gasteiger partial charge in [-0.25, -0.2) is 4.98 Å². The minimum atomic E-state index is 0.219. The van der Waals surface area contributed by atoms with Crippen LogP contribution in [0.4, 0.5) is 5.13 Å². The van der Waals surface area contributed by atoms with E-state index >= 15 is 0 Å². The van der Waals surface area contributed by atoms with Gasteiger partial charge < -0.3 is 10.2 Å². The van der Waals surface area contributed by atoms with E-state index in [1.165, 1.54) is 35.1 Å². The van der Waals surface area contributed by atoms with Gasteiger partial charge in [-0.15, -0.1) is 11.3 Å². The quantitative estimate of drug-likeness (QED) is 0.921. The van der Waals surface area contributed by atoms with E-state index in [1.807, 2.05) is 11.3 Å². The van der Waals surface area contributed by atoms with Gasteiger partial charge in [0.05, 0.1) is 5.69 Å². The molecule has 1 aromatic rings. The molecule has 0 aliphatic carbocycles. The molecule has 2 rings (SSSR count). The third-order valence-corrected chi connectivity index (χ3v) is 4.86. The molecule has 1 aliphatic rings. The second-order valence-corrected chi connectivity index (χ2v) is 7.90. The minimum Gasteiger partial charge on any atom is -0.348 e. The zero-order valence-corrected chi connectivity index (χ0v) is 13.7. The van der Waals surface area contributed by atoms with Crippen LogP contribution < -0.4 is 10.2 Å². The van der Waals surface area contributed by atoms with Crippen LogP contribution in [0.1, 0.15) is 44.2 Å². The molecule has 1 unspecified atom stereocenters. The summed E-state index contributed by atoms with van der Waals surface area (Å²) >= 11 is 1.84. The maximum atomic E-state index is 4.70. The first-order valence-electron chi connectivity index (χ1n) is 7.29. The predicted molar refractivity (Wildman–Crippen MR) is 84.3 cm³/mol. The largest absolute Gasteiger partial charge is 0.348 e. The van der Waals surface area contributed by atoms with E-state index in [2.05, 4.69) is 44.8 Å². The van der Waals surface area contributed by atoms with Crippen molar-refractivity contribution in [3.8, 4) is 0 Å². The Kier molecular flexibility index (Phi) is 4.51. The van der Waals surface area contributed by atoms with Crippen molar-refractivity contribution in [2.45, 2.75) is 53.0 Å². The Morgan fingerprint density at radius 1 is 1.37 bits per heavy atom. The summed E-state index contributed by atoms with van der Waals surface area (Å²) in [5.74, 6) is 0.748. The Morgan fingerprint density at radius 2 is 2.11 bits per heavy atom. The lowest BCUT2D eigenvalue weighted by atomic mass is 9.97. The molecule has 108 valence electrons. The normalized spacial score (nSPS) is 20.9. The molecule has 0 spiro atoms. The van der Waals surface area contributed by atoms with Crippen LogP contribution in [0.25, 0.3) is 0 Å². The van der Waals surface area contributed by atoms with Crippen LogP contribution in [0.5, 0.6) is 0 Å². The Hall–Kier alpha value is -0.610. The SMILES string of the molecule is Cc1nc(N2CCCC(CNC(C)(C)C)C2)sc1C. The summed E-state index contributed by atoms with van der Waals surface area (Å²) in [5.41, 5.74) is 1.41. The molecule has 0 radical (unpaired) electrons. The van der Waals surface area contributed by atoms with Crippen molar-refractivity contribution in [2.24, 2.45) is 5.92 Å². The summed E-state index contributed by atoms with van der Waals surface area (Å²) in [5, 5.41) is 4.85. The molecular weight excluding hydrogens is 254 g/mol. The van der Waals surface area contributed by atoms with E-state index < -0.39 is 0 Å². The number of thiazole rings is 1. The van der Waals surface area contributed by atoms with Crippen molar-refractivity contribution >= 4 is 16.5 Å². The van der Waals surface area contributed by atoms with Crippen molar-refractivity contribution < 1.29 is 0 Å². The summed E-state index contributed by atoms with van der Waals surface area (Å²) < 4.78 is 0. The van der Waals surface area contributed by atoms with Gasteiger partial charge in [-0.2, -0.15) is 0 Å². The Balaban J connectivity index is 1.93. The number of anilines is 1. The number of hydrogen-bond donors (Lipinski definition) is 1. The monoisotopic (exact) mass is 281 g/mol. The van der Waals surface area contributed by atoms with Gasteiger partial charge in [0.1, 0.15) is 0 Å². The fourth-order valence-corrected chi connectivity index (χ4v) is 3.39. The maximum Gasteiger partial charge on any atom is 0.185 e. The molecule has 1 atom stereocenters. The highest BCUT2D eigenvalue weighted by Crippen LogP contribution is 2.29. The topological polar surface area (TPSA) is 28.2 Å². The van der Waals surface area contributed by atoms with Crippen molar-refractivity contribution in [3.05, 3.63) is 10.6 Å². The second-order valence-electron chi connectivity index (χ2n) is 6.72. The summed E-state index contributed by atoms with van der Waals surface area (Å²) in [6.45, 7) is 14.4. The van der Waals surface area contributed by atoms with Gasteiger partial charge in [0.25, 0.3) is 0 Å². The first-order chi connectivity index (χ1) is 8.85. The summed E-state index contributed by atoms with van der Waals surface area (Å²) in [6, 6.07) is 0. The van der Waals surface area contributed by atoms with Crippen molar-refractivity contribution in [2.75, 3.05) is 24.5 Å². The minimum absolute atomic E-state index is 0.219. The van der Waals surface area contributed by atoms with Gasteiger partial charge in [0.15, 0.2) is 5.13 Å². The lowest BCUT2D eigenvalue weighted by Gasteiger charge is -2.34. The average molecular weight is 281 g/mol. The molecule has 1 aliphatic heterocycles. The highest BCUT2D eigenvalue weighted by Gasteiger charge is 2.23. The molecular formula is C15H27N3S. The molecule has 1 N–H and O–H groups in total. The van der Waals surface area contributed by atoms with Gasteiger partial charge in [-0.1, -0.05) is 0 Å². The van der Waals surface area contributed by atoms with E-state index in [1.54, 1.807) is 0 Å². The van der Waals surface area contributed by atoms with Crippen molar-refractivity contribution in [1.29, 1.82) is 0 Å². The second kappa shape index (κ2) is 5.80. The number of nitrogens with zero attached hydrogens (tertiary/aromatic N) is 2. The number of aromatic nitrogens is 1. The third kappa shape index (κ3) is 4.18. The Morgan fingerprint density at radius 3 is 2.68 bits per heavy atom. The zero-order valence-electron chi connectivity index (χ0n) is 12.9. The smallest absolute Gasteiger partial charge is 0.185 e. The highest BCUT2D eigenvalue weighted by atomic mass is 32.1. The lowest BCUT2D eigenvalue weighted by Crippen LogP contribution is -2.44. The first-order valence-corrected chi connectivity index (χ1v) is 8.11. The maximum absolute atomic E-state index is 4.70. The standard InChI is InChI=1S/C15H27N3S/c1-11-12(2)19-14(17-11)18-8-6-7-13(10-18)9-16-15(3,4)5/h13,16H,6-10H2,1-5H3. The predicted octanol–water partition coefficient (Wildman–Crippen LogP) is 3.36. The van der Waals surface area contributed by atoms with Crippen LogP contribution in [-0.2, 0) is 0 Å². The van der Waals surface area contributed by atoms with Crippen LogP contribution in [0.2, 0.25) is 0 Å². The van der Waals surface area contributed by atoms with E-state index in [0.29, 0.717) is 0 Å². The van der Waals surface area contributed by atoms with E-state index in [0.717, 1.165) is 19.0 Å². The number of nitrogens with one attached hydrogen (secondary N) is 1. The average Bonchev–Trinajstić information content (AvgIpc) is 2.67. The summed E-state index contributed by atoms with van der Waals surface area (Å²) in [7, 11) is 0. The molecule has 0 saturated carbocycles. The number of hydrogen-bond acceptors (Lipinski definition) is 4. The van der Waals surface area contributed by atoms with Crippen LogP contribution in [0.3, 0.4) is 0 Å². The third-order valence-electron chi connectivity index (χ3n) is 3.73. The van der Waals surface area contributed by atoms with Crippen LogP contribution in [0, 0.1) is 19.8 Å². The van der Waals surface area contributed by atoms with Gasteiger partial charge in [-0.3, -0.25) is 0 Å². The van der Waals surface area contributed by atoms with Gasteiger partial charge in [0.2, 0.25) is 0 Å². The number of rotatable bonds is 3. The summed E-state index contributed by atoms with van der Waals surface area (Å²) in [4.78, 5) is 8.53. The van der Waals surface area contributed by atoms with Gasteiger partial charge >= 0.3 is 0 Å².